The first-order valence-electron chi connectivity index (χ1n) is 3.86. The van der Waals surface area contributed by atoms with Crippen LogP contribution in [0, 0.1) is 0 Å². The van der Waals surface area contributed by atoms with Crippen molar-refractivity contribution in [3.8, 4) is 0 Å². The van der Waals surface area contributed by atoms with Gasteiger partial charge in [0.05, 0.1) is 6.61 Å². The number of rotatable bonds is 3. The fraction of sp³-hybridized carbons (Fsp3) is 0.286. The van der Waals surface area contributed by atoms with Crippen LogP contribution in [0.15, 0.2) is 15.6 Å². The van der Waals surface area contributed by atoms with Gasteiger partial charge in [0.25, 0.3) is 0 Å². The van der Waals surface area contributed by atoms with E-state index in [0.717, 1.165) is 6.07 Å². The van der Waals surface area contributed by atoms with Crippen LogP contribution in [0.1, 0.15) is 17.4 Å². The van der Waals surface area contributed by atoms with Gasteiger partial charge in [0.2, 0.25) is 0 Å². The molecule has 0 saturated carbocycles. The van der Waals surface area contributed by atoms with E-state index in [-0.39, 0.29) is 16.9 Å². The van der Waals surface area contributed by atoms with Crippen molar-refractivity contribution in [1.29, 1.82) is 0 Å². The summed E-state index contributed by atoms with van der Waals surface area (Å²) in [6.07, 6.45) is 0. The van der Waals surface area contributed by atoms with E-state index in [2.05, 4.69) is 25.7 Å². The highest BCUT2D eigenvalue weighted by molar-refractivity contribution is 9.10. The van der Waals surface area contributed by atoms with E-state index in [1.165, 1.54) is 0 Å². The maximum Gasteiger partial charge on any atom is 0.354 e. The van der Waals surface area contributed by atoms with Crippen LogP contribution < -0.4 is 0 Å². The number of halogens is 2. The van der Waals surface area contributed by atoms with Gasteiger partial charge in [-0.25, -0.2) is 4.79 Å². The predicted molar refractivity (Wildman–Crippen MR) is 52.7 cm³/mol. The van der Waals surface area contributed by atoms with E-state index < -0.39 is 21.1 Å². The number of nitrogens with one attached hydrogen (secondary N) is 1. The number of aromatic amines is 1. The van der Waals surface area contributed by atoms with Crippen molar-refractivity contribution in [2.45, 2.75) is 11.8 Å². The van der Waals surface area contributed by atoms with E-state index >= 15 is 0 Å². The van der Waals surface area contributed by atoms with Gasteiger partial charge in [-0.3, -0.25) is 0 Å². The molecule has 0 unspecified atom stereocenters. The molecule has 0 fully saturated rings. The summed E-state index contributed by atoms with van der Waals surface area (Å²) >= 11 is 2.79. The van der Waals surface area contributed by atoms with E-state index in [1.807, 2.05) is 0 Å². The third-order valence-corrected chi connectivity index (χ3v) is 3.23. The summed E-state index contributed by atoms with van der Waals surface area (Å²) in [6.45, 7) is 1.75. The quantitative estimate of drug-likeness (QED) is 0.679. The number of hydrogen-bond acceptors (Lipinski definition) is 4. The maximum absolute atomic E-state index is 12.6. The highest BCUT2D eigenvalue weighted by atomic mass is 79.9. The lowest BCUT2D eigenvalue weighted by Crippen LogP contribution is -2.04. The van der Waals surface area contributed by atoms with Gasteiger partial charge in [-0.15, -0.1) is 3.89 Å². The van der Waals surface area contributed by atoms with E-state index in [9.17, 15) is 17.1 Å². The first kappa shape index (κ1) is 12.2. The molecule has 0 bridgehead atoms. The van der Waals surface area contributed by atoms with Crippen molar-refractivity contribution in [3.05, 3.63) is 16.4 Å². The Bertz CT molecular complexity index is 481. The minimum Gasteiger partial charge on any atom is -0.461 e. The Morgan fingerprint density at radius 2 is 2.27 bits per heavy atom. The molecule has 1 aromatic rings. The first-order chi connectivity index (χ1) is 6.86. The number of esters is 1. The molecular formula is C7H7BrFNO4S. The van der Waals surface area contributed by atoms with E-state index in [0.29, 0.717) is 0 Å². The third-order valence-electron chi connectivity index (χ3n) is 1.49. The Morgan fingerprint density at radius 3 is 2.67 bits per heavy atom. The summed E-state index contributed by atoms with van der Waals surface area (Å²) in [4.78, 5) is 12.9. The Morgan fingerprint density at radius 1 is 1.67 bits per heavy atom. The molecule has 15 heavy (non-hydrogen) atoms. The highest BCUT2D eigenvalue weighted by Gasteiger charge is 2.22. The molecule has 0 radical (unpaired) electrons. The van der Waals surface area contributed by atoms with Crippen molar-refractivity contribution in [2.24, 2.45) is 0 Å². The average Bonchev–Trinajstić information content (AvgIpc) is 2.47. The van der Waals surface area contributed by atoms with Gasteiger partial charge in [0.1, 0.15) is 15.2 Å². The summed E-state index contributed by atoms with van der Waals surface area (Å²) in [7, 11) is -4.85. The van der Waals surface area contributed by atoms with Gasteiger partial charge in [0.15, 0.2) is 0 Å². The van der Waals surface area contributed by atoms with Crippen molar-refractivity contribution >= 4 is 32.1 Å². The monoisotopic (exact) mass is 299 g/mol. The molecule has 0 aliphatic rings. The molecule has 0 amide bonds. The first-order valence-corrected chi connectivity index (χ1v) is 6.04. The van der Waals surface area contributed by atoms with Crippen molar-refractivity contribution in [3.63, 3.8) is 0 Å². The molecule has 0 aromatic carbocycles. The molecule has 1 heterocycles. The number of aromatic nitrogens is 1. The summed E-state index contributed by atoms with van der Waals surface area (Å²) in [6, 6.07) is 0.872. The van der Waals surface area contributed by atoms with Crippen molar-refractivity contribution in [2.75, 3.05) is 6.61 Å². The zero-order valence-corrected chi connectivity index (χ0v) is 9.98. The number of hydrogen-bond donors (Lipinski definition) is 1. The Kier molecular flexibility index (Phi) is 3.50. The van der Waals surface area contributed by atoms with Gasteiger partial charge in [-0.2, -0.15) is 8.42 Å². The van der Waals surface area contributed by atoms with Crippen LogP contribution in [0.5, 0.6) is 0 Å². The standard InChI is InChI=1S/C7H7BrFNO4S/c1-2-14-7(11)4-3-5(6(8)10-4)15(9,12)13/h3,10H,2H2,1H3. The highest BCUT2D eigenvalue weighted by Crippen LogP contribution is 2.24. The van der Waals surface area contributed by atoms with Crippen LogP contribution in [0.4, 0.5) is 3.89 Å². The lowest BCUT2D eigenvalue weighted by atomic mass is 10.4. The molecule has 1 aromatic heterocycles. The molecule has 8 heteroatoms. The second kappa shape index (κ2) is 4.31. The maximum atomic E-state index is 12.6. The summed E-state index contributed by atoms with van der Waals surface area (Å²) in [5.74, 6) is -0.742. The average molecular weight is 300 g/mol. The lowest BCUT2D eigenvalue weighted by molar-refractivity contribution is 0.0520. The smallest absolute Gasteiger partial charge is 0.354 e. The van der Waals surface area contributed by atoms with Gasteiger partial charge in [0, 0.05) is 0 Å². The van der Waals surface area contributed by atoms with Gasteiger partial charge >= 0.3 is 16.2 Å². The molecule has 1 N–H and O–H groups in total. The van der Waals surface area contributed by atoms with Crippen LogP contribution in [-0.2, 0) is 15.0 Å². The number of carbonyl (C=O) groups is 1. The summed E-state index contributed by atoms with van der Waals surface area (Å²) < 4.78 is 38.3. The van der Waals surface area contributed by atoms with Gasteiger partial charge < -0.3 is 9.72 Å². The largest absolute Gasteiger partial charge is 0.461 e. The second-order valence-corrected chi connectivity index (χ2v) is 4.63. The minimum atomic E-state index is -4.85. The molecule has 0 atom stereocenters. The SMILES string of the molecule is CCOC(=O)c1cc(S(=O)(=O)F)c(Br)[nH]1. The third kappa shape index (κ3) is 2.78. The molecule has 1 rings (SSSR count). The fourth-order valence-electron chi connectivity index (χ4n) is 0.907. The van der Waals surface area contributed by atoms with Crippen LogP contribution >= 0.6 is 15.9 Å². The number of H-pyrrole nitrogens is 1. The van der Waals surface area contributed by atoms with E-state index in [1.54, 1.807) is 6.92 Å². The topological polar surface area (TPSA) is 76.2 Å². The summed E-state index contributed by atoms with van der Waals surface area (Å²) in [5, 5.41) is 0. The molecule has 0 saturated heterocycles. The van der Waals surface area contributed by atoms with Crippen molar-refractivity contribution in [1.82, 2.24) is 4.98 Å². The predicted octanol–water partition coefficient (Wildman–Crippen LogP) is 1.61. The van der Waals surface area contributed by atoms with Crippen LogP contribution in [-0.4, -0.2) is 26.0 Å². The number of carbonyl (C=O) groups excluding carboxylic acids is 1. The van der Waals surface area contributed by atoms with Crippen molar-refractivity contribution < 1.29 is 21.8 Å². The minimum absolute atomic E-state index is 0.118. The Balaban J connectivity index is 3.12. The molecule has 0 aliphatic heterocycles. The summed E-state index contributed by atoms with van der Waals surface area (Å²) in [5.41, 5.74) is -0.125. The van der Waals surface area contributed by atoms with Crippen LogP contribution in [0.2, 0.25) is 0 Å². The molecule has 0 aliphatic carbocycles. The second-order valence-electron chi connectivity index (χ2n) is 2.52. The van der Waals surface area contributed by atoms with Gasteiger partial charge in [-0.1, -0.05) is 0 Å². The van der Waals surface area contributed by atoms with Crippen LogP contribution in [0.3, 0.4) is 0 Å². The zero-order chi connectivity index (χ0) is 11.6. The van der Waals surface area contributed by atoms with Crippen LogP contribution in [0.25, 0.3) is 0 Å². The number of ether oxygens (including phenoxy) is 1. The van der Waals surface area contributed by atoms with Gasteiger partial charge in [-0.05, 0) is 28.9 Å². The lowest BCUT2D eigenvalue weighted by Gasteiger charge is -1.96. The Labute approximate surface area is 94.0 Å². The molecule has 84 valence electrons. The molecule has 5 nitrogen and oxygen atoms in total. The zero-order valence-electron chi connectivity index (χ0n) is 7.58. The fourth-order valence-corrected chi connectivity index (χ4v) is 2.34. The normalized spacial score (nSPS) is 11.4. The molecule has 0 spiro atoms. The van der Waals surface area contributed by atoms with E-state index in [4.69, 9.17) is 0 Å². The Hall–Kier alpha value is -0.890. The molecular weight excluding hydrogens is 293 g/mol.